The SMILES string of the molecule is CNS(=O)(=O)NCC(C)(O)c1ccc(Br)cc1. The van der Waals surface area contributed by atoms with E-state index in [0.29, 0.717) is 5.56 Å². The van der Waals surface area contributed by atoms with Gasteiger partial charge in [0.1, 0.15) is 5.60 Å². The third-order valence-electron chi connectivity index (χ3n) is 2.34. The molecule has 0 aliphatic rings. The highest BCUT2D eigenvalue weighted by atomic mass is 79.9. The van der Waals surface area contributed by atoms with Crippen molar-refractivity contribution in [3.63, 3.8) is 0 Å². The molecule has 0 spiro atoms. The van der Waals surface area contributed by atoms with Crippen molar-refractivity contribution in [1.29, 1.82) is 0 Å². The van der Waals surface area contributed by atoms with Crippen LogP contribution < -0.4 is 9.44 Å². The van der Waals surface area contributed by atoms with Crippen LogP contribution in [0.4, 0.5) is 0 Å². The number of rotatable bonds is 5. The summed E-state index contributed by atoms with van der Waals surface area (Å²) in [4.78, 5) is 0. The van der Waals surface area contributed by atoms with Crippen molar-refractivity contribution in [2.45, 2.75) is 12.5 Å². The molecule has 5 nitrogen and oxygen atoms in total. The number of hydrogen-bond acceptors (Lipinski definition) is 3. The topological polar surface area (TPSA) is 78.4 Å². The molecule has 0 saturated carbocycles. The molecular weight excluding hydrogens is 308 g/mol. The molecule has 1 atom stereocenters. The van der Waals surface area contributed by atoms with Gasteiger partial charge in [-0.2, -0.15) is 13.1 Å². The minimum Gasteiger partial charge on any atom is -0.384 e. The van der Waals surface area contributed by atoms with Crippen LogP contribution in [0.15, 0.2) is 28.7 Å². The van der Waals surface area contributed by atoms with Crippen molar-refractivity contribution in [1.82, 2.24) is 9.44 Å². The fourth-order valence-corrected chi connectivity index (χ4v) is 2.10. The monoisotopic (exact) mass is 322 g/mol. The van der Waals surface area contributed by atoms with Gasteiger partial charge < -0.3 is 5.11 Å². The van der Waals surface area contributed by atoms with E-state index >= 15 is 0 Å². The van der Waals surface area contributed by atoms with Crippen molar-refractivity contribution < 1.29 is 13.5 Å². The normalized spacial score (nSPS) is 15.5. The fraction of sp³-hybridized carbons (Fsp3) is 0.400. The molecule has 0 bridgehead atoms. The molecular formula is C10H15BrN2O3S. The molecule has 0 aromatic heterocycles. The van der Waals surface area contributed by atoms with E-state index in [0.717, 1.165) is 4.47 Å². The third kappa shape index (κ3) is 4.36. The third-order valence-corrected chi connectivity index (χ3v) is 3.93. The molecule has 3 N–H and O–H groups in total. The summed E-state index contributed by atoms with van der Waals surface area (Å²) in [6, 6.07) is 7.04. The molecule has 96 valence electrons. The van der Waals surface area contributed by atoms with Gasteiger partial charge in [0.15, 0.2) is 0 Å². The predicted molar refractivity (Wildman–Crippen MR) is 69.7 cm³/mol. The maximum atomic E-state index is 11.2. The lowest BCUT2D eigenvalue weighted by molar-refractivity contribution is 0.0626. The first-order valence-electron chi connectivity index (χ1n) is 4.93. The van der Waals surface area contributed by atoms with E-state index in [2.05, 4.69) is 25.4 Å². The predicted octanol–water partition coefficient (Wildman–Crippen LogP) is 0.710. The molecule has 0 aliphatic carbocycles. The molecule has 0 radical (unpaired) electrons. The summed E-state index contributed by atoms with van der Waals surface area (Å²) in [5.41, 5.74) is -0.621. The maximum absolute atomic E-state index is 11.2. The first kappa shape index (κ1) is 14.6. The largest absolute Gasteiger partial charge is 0.384 e. The second-order valence-electron chi connectivity index (χ2n) is 3.81. The molecule has 0 amide bonds. The highest BCUT2D eigenvalue weighted by Gasteiger charge is 2.24. The van der Waals surface area contributed by atoms with Crippen molar-refractivity contribution in [3.8, 4) is 0 Å². The smallest absolute Gasteiger partial charge is 0.276 e. The van der Waals surface area contributed by atoms with E-state index in [1.807, 2.05) is 0 Å². The van der Waals surface area contributed by atoms with E-state index in [-0.39, 0.29) is 6.54 Å². The molecule has 1 aromatic carbocycles. The summed E-state index contributed by atoms with van der Waals surface area (Å²) >= 11 is 3.29. The Bertz CT molecular complexity index is 471. The molecule has 1 unspecified atom stereocenters. The minimum atomic E-state index is -3.54. The van der Waals surface area contributed by atoms with Crippen LogP contribution in [0.2, 0.25) is 0 Å². The Balaban J connectivity index is 2.78. The summed E-state index contributed by atoms with van der Waals surface area (Å²) < 4.78 is 27.7. The van der Waals surface area contributed by atoms with Crippen LogP contribution in [-0.4, -0.2) is 27.1 Å². The van der Waals surface area contributed by atoms with Crippen LogP contribution >= 0.6 is 15.9 Å². The Labute approximate surface area is 110 Å². The Morgan fingerprint density at radius 3 is 2.35 bits per heavy atom. The average molecular weight is 323 g/mol. The molecule has 7 heteroatoms. The van der Waals surface area contributed by atoms with Crippen molar-refractivity contribution in [2.75, 3.05) is 13.6 Å². The van der Waals surface area contributed by atoms with E-state index in [1.54, 1.807) is 31.2 Å². The van der Waals surface area contributed by atoms with Gasteiger partial charge in [-0.25, -0.2) is 4.72 Å². The molecule has 0 saturated heterocycles. The van der Waals surface area contributed by atoms with Crippen LogP contribution in [0.25, 0.3) is 0 Å². The van der Waals surface area contributed by atoms with Gasteiger partial charge >= 0.3 is 0 Å². The average Bonchev–Trinajstić information content (AvgIpc) is 2.27. The molecule has 0 fully saturated rings. The summed E-state index contributed by atoms with van der Waals surface area (Å²) in [6.45, 7) is 1.45. The van der Waals surface area contributed by atoms with Gasteiger partial charge in [0.05, 0.1) is 0 Å². The van der Waals surface area contributed by atoms with Crippen LogP contribution in [-0.2, 0) is 15.8 Å². The maximum Gasteiger partial charge on any atom is 0.276 e. The van der Waals surface area contributed by atoms with Gasteiger partial charge in [0.2, 0.25) is 0 Å². The van der Waals surface area contributed by atoms with Gasteiger partial charge in [-0.05, 0) is 24.6 Å². The van der Waals surface area contributed by atoms with Gasteiger partial charge in [-0.1, -0.05) is 28.1 Å². The molecule has 1 rings (SSSR count). The number of benzene rings is 1. The summed E-state index contributed by atoms with van der Waals surface area (Å²) in [6.07, 6.45) is 0. The number of aliphatic hydroxyl groups is 1. The van der Waals surface area contributed by atoms with Crippen LogP contribution in [0, 0.1) is 0 Å². The fourth-order valence-electron chi connectivity index (χ4n) is 1.22. The quantitative estimate of drug-likeness (QED) is 0.747. The van der Waals surface area contributed by atoms with Crippen molar-refractivity contribution >= 4 is 26.1 Å². The van der Waals surface area contributed by atoms with E-state index in [1.165, 1.54) is 7.05 Å². The lowest BCUT2D eigenvalue weighted by Gasteiger charge is -2.24. The van der Waals surface area contributed by atoms with Crippen molar-refractivity contribution in [2.24, 2.45) is 0 Å². The molecule has 0 aliphatic heterocycles. The lowest BCUT2D eigenvalue weighted by atomic mass is 9.97. The van der Waals surface area contributed by atoms with Crippen molar-refractivity contribution in [3.05, 3.63) is 34.3 Å². The summed E-state index contributed by atoms with van der Waals surface area (Å²) in [7, 11) is -2.24. The molecule has 1 aromatic rings. The van der Waals surface area contributed by atoms with E-state index < -0.39 is 15.8 Å². The second-order valence-corrected chi connectivity index (χ2v) is 6.43. The minimum absolute atomic E-state index is 0.0994. The highest BCUT2D eigenvalue weighted by Crippen LogP contribution is 2.21. The zero-order chi connectivity index (χ0) is 13.1. The second kappa shape index (κ2) is 5.45. The van der Waals surface area contributed by atoms with Gasteiger partial charge in [0, 0.05) is 18.1 Å². The number of hydrogen-bond donors (Lipinski definition) is 3. The number of nitrogens with one attached hydrogen (secondary N) is 2. The highest BCUT2D eigenvalue weighted by molar-refractivity contribution is 9.10. The van der Waals surface area contributed by atoms with E-state index in [4.69, 9.17) is 0 Å². The van der Waals surface area contributed by atoms with Crippen LogP contribution in [0.3, 0.4) is 0 Å². The van der Waals surface area contributed by atoms with Gasteiger partial charge in [-0.3, -0.25) is 0 Å². The zero-order valence-electron chi connectivity index (χ0n) is 9.57. The number of halogens is 1. The lowest BCUT2D eigenvalue weighted by Crippen LogP contribution is -2.42. The van der Waals surface area contributed by atoms with Gasteiger partial charge in [-0.15, -0.1) is 0 Å². The van der Waals surface area contributed by atoms with Crippen LogP contribution in [0.5, 0.6) is 0 Å². The first-order valence-corrected chi connectivity index (χ1v) is 7.21. The Hall–Kier alpha value is -0.470. The van der Waals surface area contributed by atoms with E-state index in [9.17, 15) is 13.5 Å². The summed E-state index contributed by atoms with van der Waals surface area (Å²) in [5.74, 6) is 0. The standard InChI is InChI=1S/C10H15BrN2O3S/c1-10(14,7-13-17(15,16)12-2)8-3-5-9(11)6-4-8/h3-6,12-14H,7H2,1-2H3. The molecule has 17 heavy (non-hydrogen) atoms. The Morgan fingerprint density at radius 1 is 1.35 bits per heavy atom. The van der Waals surface area contributed by atoms with Crippen LogP contribution in [0.1, 0.15) is 12.5 Å². The van der Waals surface area contributed by atoms with Gasteiger partial charge in [0.25, 0.3) is 10.2 Å². The Morgan fingerprint density at radius 2 is 1.88 bits per heavy atom. The zero-order valence-corrected chi connectivity index (χ0v) is 12.0. The first-order chi connectivity index (χ1) is 7.77. The summed E-state index contributed by atoms with van der Waals surface area (Å²) in [5, 5.41) is 10.2. The Kier molecular flexibility index (Phi) is 4.68. The molecule has 0 heterocycles.